The van der Waals surface area contributed by atoms with Crippen LogP contribution in [0.5, 0.6) is 0 Å². The molecule has 0 unspecified atom stereocenters. The number of likely N-dealkylation sites (N-methyl/N-ethyl adjacent to an activating group) is 1. The highest BCUT2D eigenvalue weighted by molar-refractivity contribution is 5.44. The van der Waals surface area contributed by atoms with Crippen LogP contribution in [0.3, 0.4) is 0 Å². The summed E-state index contributed by atoms with van der Waals surface area (Å²) in [5.41, 5.74) is 5.27. The van der Waals surface area contributed by atoms with E-state index in [1.165, 1.54) is 24.9 Å². The Balaban J connectivity index is 2.07. The van der Waals surface area contributed by atoms with Crippen molar-refractivity contribution in [3.8, 4) is 0 Å². The van der Waals surface area contributed by atoms with Gasteiger partial charge in [0.2, 0.25) is 0 Å². The van der Waals surface area contributed by atoms with Crippen LogP contribution in [-0.2, 0) is 12.0 Å². The van der Waals surface area contributed by atoms with E-state index in [1.54, 1.807) is 11.1 Å². The fourth-order valence-corrected chi connectivity index (χ4v) is 3.11. The average molecular weight is 215 g/mol. The van der Waals surface area contributed by atoms with Gasteiger partial charge in [0.1, 0.15) is 0 Å². The molecule has 1 fully saturated rings. The summed E-state index contributed by atoms with van der Waals surface area (Å²) in [6.07, 6.45) is 2.79. The third-order valence-electron chi connectivity index (χ3n) is 4.24. The molecule has 1 spiro atoms. The molecule has 0 bridgehead atoms. The maximum atomic E-state index is 2.49. The van der Waals surface area contributed by atoms with Crippen LogP contribution in [0.15, 0.2) is 18.2 Å². The van der Waals surface area contributed by atoms with Crippen molar-refractivity contribution in [2.75, 3.05) is 13.6 Å². The van der Waals surface area contributed by atoms with E-state index in [0.717, 1.165) is 6.54 Å². The van der Waals surface area contributed by atoms with Crippen molar-refractivity contribution in [3.63, 3.8) is 0 Å². The van der Waals surface area contributed by atoms with Crippen molar-refractivity contribution in [3.05, 3.63) is 34.9 Å². The zero-order valence-electron chi connectivity index (χ0n) is 10.6. The lowest BCUT2D eigenvalue weighted by Gasteiger charge is -2.33. The van der Waals surface area contributed by atoms with Crippen LogP contribution in [0.1, 0.15) is 49.3 Å². The second-order valence-corrected chi connectivity index (χ2v) is 6.02. The molecule has 86 valence electrons. The average Bonchev–Trinajstić information content (AvgIpc) is 2.97. The molecule has 0 radical (unpaired) electrons. The monoisotopic (exact) mass is 215 g/mol. The highest BCUT2D eigenvalue weighted by Crippen LogP contribution is 2.52. The first kappa shape index (κ1) is 10.3. The van der Waals surface area contributed by atoms with Crippen LogP contribution in [0.2, 0.25) is 0 Å². The Morgan fingerprint density at radius 3 is 2.62 bits per heavy atom. The van der Waals surface area contributed by atoms with Crippen LogP contribution < -0.4 is 0 Å². The molecule has 0 amide bonds. The molecule has 1 saturated carbocycles. The summed E-state index contributed by atoms with van der Waals surface area (Å²) in [5.74, 6) is 0.653. The van der Waals surface area contributed by atoms with Crippen LogP contribution in [0.4, 0.5) is 0 Å². The molecular weight excluding hydrogens is 194 g/mol. The summed E-state index contributed by atoms with van der Waals surface area (Å²) in [4.78, 5) is 2.48. The standard InChI is InChI=1S/C15H21N/c1-11(2)12-4-5-13-9-16(3)10-15(6-7-15)14(13)8-12/h4-5,8,11H,6-7,9-10H2,1-3H3. The highest BCUT2D eigenvalue weighted by atomic mass is 15.1. The normalized spacial score (nSPS) is 22.5. The molecule has 16 heavy (non-hydrogen) atoms. The molecule has 3 rings (SSSR count). The molecule has 2 aliphatic rings. The van der Waals surface area contributed by atoms with Crippen LogP contribution in [-0.4, -0.2) is 18.5 Å². The van der Waals surface area contributed by atoms with Gasteiger partial charge in [-0.3, -0.25) is 0 Å². The molecule has 0 aromatic heterocycles. The fourth-order valence-electron chi connectivity index (χ4n) is 3.11. The lowest BCUT2D eigenvalue weighted by Crippen LogP contribution is -2.35. The largest absolute Gasteiger partial charge is 0.301 e. The van der Waals surface area contributed by atoms with Crippen molar-refractivity contribution in [2.45, 2.75) is 44.6 Å². The third kappa shape index (κ3) is 1.49. The predicted octanol–water partition coefficient (Wildman–Crippen LogP) is 3.29. The maximum Gasteiger partial charge on any atom is 0.0234 e. The van der Waals surface area contributed by atoms with Crippen molar-refractivity contribution in [1.82, 2.24) is 4.90 Å². The minimum Gasteiger partial charge on any atom is -0.301 e. The summed E-state index contributed by atoms with van der Waals surface area (Å²) >= 11 is 0. The van der Waals surface area contributed by atoms with Crippen molar-refractivity contribution in [1.29, 1.82) is 0 Å². The third-order valence-corrected chi connectivity index (χ3v) is 4.24. The lowest BCUT2D eigenvalue weighted by atomic mass is 9.84. The molecule has 1 nitrogen and oxygen atoms in total. The van der Waals surface area contributed by atoms with Gasteiger partial charge in [-0.15, -0.1) is 0 Å². The maximum absolute atomic E-state index is 2.49. The van der Waals surface area contributed by atoms with E-state index in [9.17, 15) is 0 Å². The van der Waals surface area contributed by atoms with Crippen LogP contribution in [0, 0.1) is 0 Å². The van der Waals surface area contributed by atoms with Gasteiger partial charge in [-0.05, 0) is 42.5 Å². The molecule has 0 saturated heterocycles. The second-order valence-electron chi connectivity index (χ2n) is 6.02. The van der Waals surface area contributed by atoms with E-state index in [4.69, 9.17) is 0 Å². The number of hydrogen-bond acceptors (Lipinski definition) is 1. The second kappa shape index (κ2) is 3.33. The molecular formula is C15H21N. The number of rotatable bonds is 1. The molecule has 0 N–H and O–H groups in total. The van der Waals surface area contributed by atoms with Gasteiger partial charge in [-0.1, -0.05) is 32.0 Å². The van der Waals surface area contributed by atoms with Crippen molar-refractivity contribution < 1.29 is 0 Å². The number of hydrogen-bond donors (Lipinski definition) is 0. The van der Waals surface area contributed by atoms with Gasteiger partial charge in [0.05, 0.1) is 0 Å². The molecule has 0 atom stereocenters. The Morgan fingerprint density at radius 2 is 2.00 bits per heavy atom. The molecule has 1 heteroatoms. The predicted molar refractivity (Wildman–Crippen MR) is 67.8 cm³/mol. The van der Waals surface area contributed by atoms with Crippen molar-refractivity contribution >= 4 is 0 Å². The van der Waals surface area contributed by atoms with Gasteiger partial charge in [-0.2, -0.15) is 0 Å². The van der Waals surface area contributed by atoms with E-state index in [1.807, 2.05) is 0 Å². The Bertz CT molecular complexity index is 415. The minimum atomic E-state index is 0.535. The van der Waals surface area contributed by atoms with E-state index in [0.29, 0.717) is 11.3 Å². The molecule has 1 aromatic carbocycles. The molecule has 1 aliphatic heterocycles. The zero-order valence-corrected chi connectivity index (χ0v) is 10.6. The quantitative estimate of drug-likeness (QED) is 0.695. The SMILES string of the molecule is CC(C)c1ccc2c(c1)C1(CC1)CN(C)C2. The summed E-state index contributed by atoms with van der Waals surface area (Å²) < 4.78 is 0. The minimum absolute atomic E-state index is 0.535. The van der Waals surface area contributed by atoms with Crippen LogP contribution >= 0.6 is 0 Å². The highest BCUT2D eigenvalue weighted by Gasteiger charge is 2.48. The van der Waals surface area contributed by atoms with E-state index in [2.05, 4.69) is 44.0 Å². The van der Waals surface area contributed by atoms with Gasteiger partial charge in [0.25, 0.3) is 0 Å². The first-order valence-corrected chi connectivity index (χ1v) is 6.43. The Kier molecular flexibility index (Phi) is 2.16. The fraction of sp³-hybridized carbons (Fsp3) is 0.600. The van der Waals surface area contributed by atoms with E-state index in [-0.39, 0.29) is 0 Å². The smallest absolute Gasteiger partial charge is 0.0234 e. The summed E-state index contributed by atoms with van der Waals surface area (Å²) in [6.45, 7) is 6.98. The lowest BCUT2D eigenvalue weighted by molar-refractivity contribution is 0.271. The van der Waals surface area contributed by atoms with Gasteiger partial charge in [-0.25, -0.2) is 0 Å². The Hall–Kier alpha value is -0.820. The molecule has 1 aliphatic carbocycles. The van der Waals surface area contributed by atoms with Crippen molar-refractivity contribution in [2.24, 2.45) is 0 Å². The first-order valence-electron chi connectivity index (χ1n) is 6.43. The van der Waals surface area contributed by atoms with Gasteiger partial charge >= 0.3 is 0 Å². The van der Waals surface area contributed by atoms with Crippen LogP contribution in [0.25, 0.3) is 0 Å². The molecule has 1 heterocycles. The number of benzene rings is 1. The number of nitrogens with zero attached hydrogens (tertiary/aromatic N) is 1. The van der Waals surface area contributed by atoms with E-state index < -0.39 is 0 Å². The van der Waals surface area contributed by atoms with Gasteiger partial charge in [0, 0.05) is 18.5 Å². The molecule has 1 aromatic rings. The summed E-state index contributed by atoms with van der Waals surface area (Å²) in [7, 11) is 2.25. The Morgan fingerprint density at radius 1 is 1.25 bits per heavy atom. The van der Waals surface area contributed by atoms with E-state index >= 15 is 0 Å². The van der Waals surface area contributed by atoms with Gasteiger partial charge in [0.15, 0.2) is 0 Å². The summed E-state index contributed by atoms with van der Waals surface area (Å²) in [6, 6.07) is 7.17. The first-order chi connectivity index (χ1) is 7.61. The van der Waals surface area contributed by atoms with Gasteiger partial charge < -0.3 is 4.90 Å². The Labute approximate surface area is 98.5 Å². The topological polar surface area (TPSA) is 3.24 Å². The number of fused-ring (bicyclic) bond motifs is 2. The summed E-state index contributed by atoms with van der Waals surface area (Å²) in [5, 5.41) is 0. The zero-order chi connectivity index (χ0) is 11.3.